The number of hydrogen-bond donors (Lipinski definition) is 1. The standard InChI is InChI=1S/C18H29NO2S/c1-2-3-4-6-9-16-12-14-18(15-13-16)22(20,21)19-17-10-7-5-8-11-17/h12-15,17,19H,2-11H2,1H3. The lowest BCUT2D eigenvalue weighted by Crippen LogP contribution is -2.36. The Morgan fingerprint density at radius 2 is 1.68 bits per heavy atom. The third-order valence-corrected chi connectivity index (χ3v) is 6.02. The van der Waals surface area contributed by atoms with Gasteiger partial charge in [-0.15, -0.1) is 0 Å². The quantitative estimate of drug-likeness (QED) is 0.720. The minimum atomic E-state index is -3.36. The highest BCUT2D eigenvalue weighted by molar-refractivity contribution is 7.89. The van der Waals surface area contributed by atoms with Crippen molar-refractivity contribution >= 4 is 10.0 Å². The lowest BCUT2D eigenvalue weighted by molar-refractivity contribution is 0.412. The first kappa shape index (κ1) is 17.5. The molecule has 0 saturated heterocycles. The SMILES string of the molecule is CCCCCCc1ccc(S(=O)(=O)NC2CCCCC2)cc1. The third-order valence-electron chi connectivity index (χ3n) is 4.48. The lowest BCUT2D eigenvalue weighted by Gasteiger charge is -2.22. The van der Waals surface area contributed by atoms with E-state index in [2.05, 4.69) is 11.6 Å². The summed E-state index contributed by atoms with van der Waals surface area (Å²) in [6.07, 6.45) is 11.4. The number of hydrogen-bond acceptors (Lipinski definition) is 2. The second-order valence-electron chi connectivity index (χ2n) is 6.41. The van der Waals surface area contributed by atoms with Gasteiger partial charge in [-0.1, -0.05) is 57.6 Å². The molecule has 22 heavy (non-hydrogen) atoms. The fraction of sp³-hybridized carbons (Fsp3) is 0.667. The van der Waals surface area contributed by atoms with E-state index >= 15 is 0 Å². The Balaban J connectivity index is 1.90. The fourth-order valence-electron chi connectivity index (χ4n) is 3.10. The molecule has 1 aromatic rings. The molecule has 1 fully saturated rings. The van der Waals surface area contributed by atoms with Crippen LogP contribution < -0.4 is 4.72 Å². The smallest absolute Gasteiger partial charge is 0.208 e. The van der Waals surface area contributed by atoms with Crippen molar-refractivity contribution in [1.82, 2.24) is 4.72 Å². The number of nitrogens with one attached hydrogen (secondary N) is 1. The average molecular weight is 324 g/mol. The van der Waals surface area contributed by atoms with E-state index in [-0.39, 0.29) is 6.04 Å². The minimum Gasteiger partial charge on any atom is -0.208 e. The summed E-state index contributed by atoms with van der Waals surface area (Å²) in [4.78, 5) is 0.399. The molecule has 1 saturated carbocycles. The van der Waals surface area contributed by atoms with Crippen LogP contribution in [0.2, 0.25) is 0 Å². The molecular formula is C18H29NO2S. The van der Waals surface area contributed by atoms with E-state index in [4.69, 9.17) is 0 Å². The van der Waals surface area contributed by atoms with Gasteiger partial charge in [0.25, 0.3) is 0 Å². The van der Waals surface area contributed by atoms with Crippen LogP contribution in [0.25, 0.3) is 0 Å². The Kier molecular flexibility index (Phi) is 6.90. The molecule has 2 rings (SSSR count). The first-order valence-electron chi connectivity index (χ1n) is 8.73. The molecule has 0 atom stereocenters. The molecule has 0 unspecified atom stereocenters. The van der Waals surface area contributed by atoms with Gasteiger partial charge in [0.15, 0.2) is 0 Å². The first-order chi connectivity index (χ1) is 10.6. The maximum Gasteiger partial charge on any atom is 0.240 e. The largest absolute Gasteiger partial charge is 0.240 e. The molecule has 0 aliphatic heterocycles. The summed E-state index contributed by atoms with van der Waals surface area (Å²) in [6.45, 7) is 2.21. The van der Waals surface area contributed by atoms with Gasteiger partial charge in [0.1, 0.15) is 0 Å². The molecule has 0 heterocycles. The van der Waals surface area contributed by atoms with Crippen molar-refractivity contribution in [3.8, 4) is 0 Å². The zero-order valence-corrected chi connectivity index (χ0v) is 14.5. The molecule has 0 bridgehead atoms. The lowest BCUT2D eigenvalue weighted by atomic mass is 9.96. The van der Waals surface area contributed by atoms with E-state index < -0.39 is 10.0 Å². The molecule has 0 radical (unpaired) electrons. The summed E-state index contributed by atoms with van der Waals surface area (Å²) in [5.74, 6) is 0. The van der Waals surface area contributed by atoms with Crippen LogP contribution in [0.1, 0.15) is 70.3 Å². The predicted octanol–water partition coefficient (Wildman–Crippen LogP) is 4.42. The molecule has 4 heteroatoms. The highest BCUT2D eigenvalue weighted by Crippen LogP contribution is 2.20. The van der Waals surface area contributed by atoms with Crippen molar-refractivity contribution in [2.24, 2.45) is 0 Å². The normalized spacial score (nSPS) is 16.8. The Hall–Kier alpha value is -0.870. The summed E-state index contributed by atoms with van der Waals surface area (Å²) >= 11 is 0. The van der Waals surface area contributed by atoms with Gasteiger partial charge in [0.2, 0.25) is 10.0 Å². The van der Waals surface area contributed by atoms with Crippen LogP contribution in [0.4, 0.5) is 0 Å². The fourth-order valence-corrected chi connectivity index (χ4v) is 4.40. The van der Waals surface area contributed by atoms with Crippen LogP contribution in [-0.4, -0.2) is 14.5 Å². The van der Waals surface area contributed by atoms with Crippen molar-refractivity contribution in [3.05, 3.63) is 29.8 Å². The summed E-state index contributed by atoms with van der Waals surface area (Å²) in [5, 5.41) is 0. The van der Waals surface area contributed by atoms with Crippen molar-refractivity contribution in [3.63, 3.8) is 0 Å². The van der Waals surface area contributed by atoms with Crippen LogP contribution in [0.3, 0.4) is 0 Å². The van der Waals surface area contributed by atoms with Gasteiger partial charge in [0, 0.05) is 6.04 Å². The highest BCUT2D eigenvalue weighted by Gasteiger charge is 2.21. The maximum atomic E-state index is 12.4. The molecule has 0 amide bonds. The van der Waals surface area contributed by atoms with E-state index in [0.717, 1.165) is 32.1 Å². The van der Waals surface area contributed by atoms with Crippen molar-refractivity contribution in [2.45, 2.75) is 82.1 Å². The van der Waals surface area contributed by atoms with Gasteiger partial charge >= 0.3 is 0 Å². The van der Waals surface area contributed by atoms with Gasteiger partial charge < -0.3 is 0 Å². The van der Waals surface area contributed by atoms with Gasteiger partial charge in [-0.25, -0.2) is 13.1 Å². The van der Waals surface area contributed by atoms with Crippen LogP contribution >= 0.6 is 0 Å². The van der Waals surface area contributed by atoms with Crippen molar-refractivity contribution < 1.29 is 8.42 Å². The zero-order valence-electron chi connectivity index (χ0n) is 13.7. The Morgan fingerprint density at radius 3 is 2.32 bits per heavy atom. The van der Waals surface area contributed by atoms with Crippen LogP contribution in [-0.2, 0) is 16.4 Å². The van der Waals surface area contributed by atoms with E-state index in [1.54, 1.807) is 12.1 Å². The summed E-state index contributed by atoms with van der Waals surface area (Å²) < 4.78 is 27.7. The monoisotopic (exact) mass is 323 g/mol. The minimum absolute atomic E-state index is 0.118. The topological polar surface area (TPSA) is 46.2 Å². The highest BCUT2D eigenvalue weighted by atomic mass is 32.2. The Morgan fingerprint density at radius 1 is 1.00 bits per heavy atom. The van der Waals surface area contributed by atoms with E-state index in [0.29, 0.717) is 4.90 Å². The van der Waals surface area contributed by atoms with Gasteiger partial charge in [-0.3, -0.25) is 0 Å². The number of benzene rings is 1. The van der Waals surface area contributed by atoms with Gasteiger partial charge in [0.05, 0.1) is 4.90 Å². The molecule has 1 aromatic carbocycles. The van der Waals surface area contributed by atoms with E-state index in [1.165, 1.54) is 37.7 Å². The summed E-state index contributed by atoms with van der Waals surface area (Å²) in [5.41, 5.74) is 1.23. The number of rotatable bonds is 8. The molecule has 3 nitrogen and oxygen atoms in total. The molecular weight excluding hydrogens is 294 g/mol. The van der Waals surface area contributed by atoms with E-state index in [1.807, 2.05) is 12.1 Å². The van der Waals surface area contributed by atoms with Crippen LogP contribution in [0, 0.1) is 0 Å². The van der Waals surface area contributed by atoms with Crippen LogP contribution in [0.5, 0.6) is 0 Å². The maximum absolute atomic E-state index is 12.4. The summed E-state index contributed by atoms with van der Waals surface area (Å²) in [7, 11) is -3.36. The Labute approximate surface area is 135 Å². The number of aryl methyl sites for hydroxylation is 1. The second-order valence-corrected chi connectivity index (χ2v) is 8.12. The van der Waals surface area contributed by atoms with Gasteiger partial charge in [-0.05, 0) is 43.4 Å². The molecule has 0 aromatic heterocycles. The Bertz CT molecular complexity index is 531. The second kappa shape index (κ2) is 8.68. The van der Waals surface area contributed by atoms with Crippen LogP contribution in [0.15, 0.2) is 29.2 Å². The molecule has 1 N–H and O–H groups in total. The molecule has 0 spiro atoms. The van der Waals surface area contributed by atoms with Crippen molar-refractivity contribution in [1.29, 1.82) is 0 Å². The molecule has 1 aliphatic rings. The number of unbranched alkanes of at least 4 members (excludes halogenated alkanes) is 3. The zero-order chi connectivity index (χ0) is 15.8. The number of sulfonamides is 1. The van der Waals surface area contributed by atoms with E-state index in [9.17, 15) is 8.42 Å². The predicted molar refractivity (Wildman–Crippen MR) is 91.5 cm³/mol. The first-order valence-corrected chi connectivity index (χ1v) is 10.2. The summed E-state index contributed by atoms with van der Waals surface area (Å²) in [6, 6.07) is 7.54. The molecule has 1 aliphatic carbocycles. The average Bonchev–Trinajstić information content (AvgIpc) is 2.53. The molecule has 124 valence electrons. The van der Waals surface area contributed by atoms with Crippen molar-refractivity contribution in [2.75, 3.05) is 0 Å². The third kappa shape index (κ3) is 5.40. The van der Waals surface area contributed by atoms with Gasteiger partial charge in [-0.2, -0.15) is 0 Å².